The summed E-state index contributed by atoms with van der Waals surface area (Å²) in [5, 5.41) is 2.81. The van der Waals surface area contributed by atoms with Crippen LogP contribution >= 0.6 is 0 Å². The van der Waals surface area contributed by atoms with E-state index in [0.717, 1.165) is 6.20 Å². The molecule has 0 unspecified atom stereocenters. The summed E-state index contributed by atoms with van der Waals surface area (Å²) in [6.07, 6.45) is -0.0880. The van der Waals surface area contributed by atoms with Gasteiger partial charge in [-0.3, -0.25) is 19.6 Å². The van der Waals surface area contributed by atoms with E-state index in [-0.39, 0.29) is 11.1 Å². The molecule has 0 aliphatic carbocycles. The number of hydrogen-bond acceptors (Lipinski definition) is 2. The Hall–Kier alpha value is -1.98. The fourth-order valence-corrected chi connectivity index (χ4v) is 1.74. The van der Waals surface area contributed by atoms with Crippen LogP contribution in [0.4, 0.5) is 8.78 Å². The van der Waals surface area contributed by atoms with Gasteiger partial charge in [-0.1, -0.05) is 0 Å². The van der Waals surface area contributed by atoms with Gasteiger partial charge in [0, 0.05) is 36.3 Å². The van der Waals surface area contributed by atoms with Crippen molar-refractivity contribution >= 4 is 0 Å². The Morgan fingerprint density at radius 2 is 2.12 bits per heavy atom. The standard InChI is InChI=1S/C11H11F2N3O/c1-6-9(11(17)16(2)15-6)7-3-8(10(12)13)5-14-4-7/h3-5,10,15H,1-2H3. The molecule has 0 saturated carbocycles. The van der Waals surface area contributed by atoms with Crippen LogP contribution < -0.4 is 5.56 Å². The molecule has 2 rings (SSSR count). The van der Waals surface area contributed by atoms with Gasteiger partial charge in [0.1, 0.15) is 0 Å². The summed E-state index contributed by atoms with van der Waals surface area (Å²) < 4.78 is 26.4. The fourth-order valence-electron chi connectivity index (χ4n) is 1.74. The smallest absolute Gasteiger partial charge is 0.274 e. The van der Waals surface area contributed by atoms with Crippen LogP contribution in [0.1, 0.15) is 17.7 Å². The van der Waals surface area contributed by atoms with Gasteiger partial charge in [0.05, 0.1) is 5.56 Å². The van der Waals surface area contributed by atoms with Crippen molar-refractivity contribution in [1.82, 2.24) is 14.8 Å². The number of aryl methyl sites for hydroxylation is 2. The lowest BCUT2D eigenvalue weighted by Crippen LogP contribution is -2.13. The summed E-state index contributed by atoms with van der Waals surface area (Å²) in [7, 11) is 1.57. The van der Waals surface area contributed by atoms with E-state index < -0.39 is 6.43 Å². The van der Waals surface area contributed by atoms with E-state index in [9.17, 15) is 13.6 Å². The van der Waals surface area contributed by atoms with Gasteiger partial charge in [-0.05, 0) is 13.0 Å². The first-order valence-corrected chi connectivity index (χ1v) is 4.99. The minimum absolute atomic E-state index is 0.190. The Labute approximate surface area is 95.9 Å². The molecule has 0 amide bonds. The first-order valence-electron chi connectivity index (χ1n) is 4.99. The number of hydrogen-bond donors (Lipinski definition) is 1. The molecule has 17 heavy (non-hydrogen) atoms. The molecule has 0 aromatic carbocycles. The van der Waals surface area contributed by atoms with Crippen molar-refractivity contribution in [3.63, 3.8) is 0 Å². The zero-order valence-corrected chi connectivity index (χ0v) is 9.37. The van der Waals surface area contributed by atoms with Crippen LogP contribution in [-0.2, 0) is 7.05 Å². The van der Waals surface area contributed by atoms with Crippen molar-refractivity contribution in [3.05, 3.63) is 40.1 Å². The summed E-state index contributed by atoms with van der Waals surface area (Å²) in [5.41, 5.74) is 0.969. The highest BCUT2D eigenvalue weighted by atomic mass is 19.3. The topological polar surface area (TPSA) is 50.7 Å². The molecule has 0 fully saturated rings. The molecule has 6 heteroatoms. The molecule has 0 saturated heterocycles. The van der Waals surface area contributed by atoms with Crippen molar-refractivity contribution in [2.75, 3.05) is 0 Å². The third kappa shape index (κ3) is 1.98. The van der Waals surface area contributed by atoms with E-state index in [0.29, 0.717) is 16.8 Å². The zero-order valence-electron chi connectivity index (χ0n) is 9.37. The van der Waals surface area contributed by atoms with Crippen LogP contribution in [0.25, 0.3) is 11.1 Å². The predicted octanol–water partition coefficient (Wildman–Crippen LogP) is 2.02. The van der Waals surface area contributed by atoms with Crippen molar-refractivity contribution < 1.29 is 8.78 Å². The van der Waals surface area contributed by atoms with E-state index in [4.69, 9.17) is 0 Å². The zero-order chi connectivity index (χ0) is 12.6. The third-order valence-corrected chi connectivity index (χ3v) is 2.53. The van der Waals surface area contributed by atoms with E-state index >= 15 is 0 Å². The molecular formula is C11H11F2N3O. The molecule has 2 heterocycles. The number of alkyl halides is 2. The number of rotatable bonds is 2. The molecule has 0 spiro atoms. The largest absolute Gasteiger partial charge is 0.300 e. The predicted molar refractivity (Wildman–Crippen MR) is 59.0 cm³/mol. The number of aromatic nitrogens is 3. The van der Waals surface area contributed by atoms with Crippen LogP contribution in [0.15, 0.2) is 23.3 Å². The number of nitrogens with one attached hydrogen (secondary N) is 1. The lowest BCUT2D eigenvalue weighted by atomic mass is 10.1. The first kappa shape index (κ1) is 11.5. The molecule has 0 bridgehead atoms. The maximum absolute atomic E-state index is 12.5. The van der Waals surface area contributed by atoms with E-state index in [1.165, 1.54) is 16.9 Å². The van der Waals surface area contributed by atoms with Crippen LogP contribution in [0.3, 0.4) is 0 Å². The van der Waals surface area contributed by atoms with Gasteiger partial charge in [0.15, 0.2) is 0 Å². The van der Waals surface area contributed by atoms with Gasteiger partial charge in [0.2, 0.25) is 0 Å². The molecule has 0 aliphatic heterocycles. The average Bonchev–Trinajstić information content (AvgIpc) is 2.53. The van der Waals surface area contributed by atoms with E-state index in [1.807, 2.05) is 0 Å². The number of H-pyrrole nitrogens is 1. The second-order valence-electron chi connectivity index (χ2n) is 3.78. The van der Waals surface area contributed by atoms with Crippen LogP contribution in [0.5, 0.6) is 0 Å². The Balaban J connectivity index is 2.61. The van der Waals surface area contributed by atoms with Crippen LogP contribution in [0, 0.1) is 6.92 Å². The van der Waals surface area contributed by atoms with Gasteiger partial charge < -0.3 is 0 Å². The van der Waals surface area contributed by atoms with E-state index in [1.54, 1.807) is 14.0 Å². The molecule has 0 radical (unpaired) electrons. The molecule has 2 aromatic rings. The quantitative estimate of drug-likeness (QED) is 0.871. The van der Waals surface area contributed by atoms with Gasteiger partial charge >= 0.3 is 0 Å². The molecule has 1 N–H and O–H groups in total. The van der Waals surface area contributed by atoms with Crippen molar-refractivity contribution in [2.45, 2.75) is 13.3 Å². The Morgan fingerprint density at radius 3 is 2.65 bits per heavy atom. The second-order valence-corrected chi connectivity index (χ2v) is 3.78. The van der Waals surface area contributed by atoms with Crippen LogP contribution in [-0.4, -0.2) is 14.8 Å². The molecule has 0 atom stereocenters. The Kier molecular flexibility index (Phi) is 2.79. The minimum atomic E-state index is -2.59. The van der Waals surface area contributed by atoms with E-state index in [2.05, 4.69) is 10.1 Å². The average molecular weight is 239 g/mol. The van der Waals surface area contributed by atoms with Crippen LogP contribution in [0.2, 0.25) is 0 Å². The summed E-state index contributed by atoms with van der Waals surface area (Å²) in [6, 6.07) is 1.29. The van der Waals surface area contributed by atoms with Crippen molar-refractivity contribution in [2.24, 2.45) is 7.05 Å². The first-order chi connectivity index (χ1) is 8.00. The van der Waals surface area contributed by atoms with Gasteiger partial charge in [-0.15, -0.1) is 0 Å². The molecule has 2 aromatic heterocycles. The van der Waals surface area contributed by atoms with Crippen molar-refractivity contribution in [3.8, 4) is 11.1 Å². The maximum Gasteiger partial charge on any atom is 0.274 e. The second kappa shape index (κ2) is 4.12. The fraction of sp³-hybridized carbons (Fsp3) is 0.273. The highest BCUT2D eigenvalue weighted by molar-refractivity contribution is 5.64. The number of pyridine rings is 1. The highest BCUT2D eigenvalue weighted by Crippen LogP contribution is 2.23. The SMILES string of the molecule is Cc1[nH]n(C)c(=O)c1-c1cncc(C(F)F)c1. The molecular weight excluding hydrogens is 228 g/mol. The molecule has 4 nitrogen and oxygen atoms in total. The minimum Gasteiger partial charge on any atom is -0.300 e. The van der Waals surface area contributed by atoms with Gasteiger partial charge in [-0.2, -0.15) is 0 Å². The summed E-state index contributed by atoms with van der Waals surface area (Å²) in [4.78, 5) is 15.5. The Bertz CT molecular complexity index is 601. The third-order valence-electron chi connectivity index (χ3n) is 2.53. The summed E-state index contributed by atoms with van der Waals surface area (Å²) in [5.74, 6) is 0. The maximum atomic E-state index is 12.5. The van der Waals surface area contributed by atoms with Gasteiger partial charge in [0.25, 0.3) is 12.0 Å². The summed E-state index contributed by atoms with van der Waals surface area (Å²) >= 11 is 0. The number of aromatic amines is 1. The highest BCUT2D eigenvalue weighted by Gasteiger charge is 2.14. The summed E-state index contributed by atoms with van der Waals surface area (Å²) in [6.45, 7) is 1.71. The van der Waals surface area contributed by atoms with Gasteiger partial charge in [-0.25, -0.2) is 8.78 Å². The normalized spacial score (nSPS) is 11.1. The monoisotopic (exact) mass is 239 g/mol. The Morgan fingerprint density at radius 1 is 1.41 bits per heavy atom. The lowest BCUT2D eigenvalue weighted by Gasteiger charge is -2.02. The lowest BCUT2D eigenvalue weighted by molar-refractivity contribution is 0.151. The number of nitrogens with zero attached hydrogens (tertiary/aromatic N) is 2. The number of halogens is 2. The molecule has 0 aliphatic rings. The molecule has 90 valence electrons. The van der Waals surface area contributed by atoms with Crippen molar-refractivity contribution in [1.29, 1.82) is 0 Å².